The van der Waals surface area contributed by atoms with Crippen molar-refractivity contribution < 1.29 is 4.79 Å². The maximum Gasteiger partial charge on any atom is 0.274 e. The van der Waals surface area contributed by atoms with Crippen LogP contribution < -0.4 is 0 Å². The Labute approximate surface area is 130 Å². The number of aryl methyl sites for hydroxylation is 4. The average molecular weight is 301 g/mol. The Morgan fingerprint density at radius 1 is 1.41 bits per heavy atom. The molecule has 6 heteroatoms. The van der Waals surface area contributed by atoms with Gasteiger partial charge in [-0.1, -0.05) is 0 Å². The second-order valence-electron chi connectivity index (χ2n) is 6.07. The van der Waals surface area contributed by atoms with Crippen molar-refractivity contribution >= 4 is 5.91 Å². The van der Waals surface area contributed by atoms with Gasteiger partial charge in [-0.25, -0.2) is 4.98 Å². The van der Waals surface area contributed by atoms with Gasteiger partial charge in [0.15, 0.2) is 5.69 Å². The fourth-order valence-electron chi connectivity index (χ4n) is 3.27. The molecule has 3 rings (SSSR count). The van der Waals surface area contributed by atoms with Gasteiger partial charge in [0.2, 0.25) is 0 Å². The molecule has 3 heterocycles. The van der Waals surface area contributed by atoms with E-state index in [1.807, 2.05) is 49.7 Å². The van der Waals surface area contributed by atoms with E-state index in [9.17, 15) is 4.79 Å². The first kappa shape index (κ1) is 14.8. The van der Waals surface area contributed by atoms with Gasteiger partial charge in [-0.15, -0.1) is 0 Å². The van der Waals surface area contributed by atoms with Gasteiger partial charge < -0.3 is 9.47 Å². The monoisotopic (exact) mass is 301 g/mol. The van der Waals surface area contributed by atoms with Gasteiger partial charge in [0.25, 0.3) is 5.91 Å². The Balaban J connectivity index is 1.74. The zero-order valence-corrected chi connectivity index (χ0v) is 13.7. The van der Waals surface area contributed by atoms with Gasteiger partial charge in [0, 0.05) is 44.5 Å². The standard InChI is InChI=1S/C16H23N5O/c1-5-21-12(3)8-14(18-21)16(22)20-7-6-13(10-20)15-17-11(2)9-19(15)4/h8-9,13H,5-7,10H2,1-4H3. The fourth-order valence-corrected chi connectivity index (χ4v) is 3.27. The first-order valence-corrected chi connectivity index (χ1v) is 7.83. The lowest BCUT2D eigenvalue weighted by molar-refractivity contribution is 0.0783. The average Bonchev–Trinajstić information content (AvgIpc) is 3.16. The minimum Gasteiger partial charge on any atom is -0.337 e. The van der Waals surface area contributed by atoms with E-state index in [0.717, 1.165) is 43.3 Å². The van der Waals surface area contributed by atoms with Crippen molar-refractivity contribution in [2.24, 2.45) is 7.05 Å². The maximum absolute atomic E-state index is 12.6. The molecule has 1 unspecified atom stereocenters. The summed E-state index contributed by atoms with van der Waals surface area (Å²) >= 11 is 0. The van der Waals surface area contributed by atoms with Gasteiger partial charge in [-0.2, -0.15) is 5.10 Å². The Kier molecular flexibility index (Phi) is 3.76. The quantitative estimate of drug-likeness (QED) is 0.870. The summed E-state index contributed by atoms with van der Waals surface area (Å²) in [6.45, 7) is 8.30. The Morgan fingerprint density at radius 3 is 2.77 bits per heavy atom. The van der Waals surface area contributed by atoms with E-state index in [2.05, 4.69) is 14.6 Å². The highest BCUT2D eigenvalue weighted by atomic mass is 16.2. The first-order valence-electron chi connectivity index (χ1n) is 7.83. The molecule has 6 nitrogen and oxygen atoms in total. The largest absolute Gasteiger partial charge is 0.337 e. The second-order valence-corrected chi connectivity index (χ2v) is 6.07. The van der Waals surface area contributed by atoms with Gasteiger partial charge in [-0.3, -0.25) is 9.48 Å². The number of rotatable bonds is 3. The van der Waals surface area contributed by atoms with Crippen LogP contribution in [0.4, 0.5) is 0 Å². The smallest absolute Gasteiger partial charge is 0.274 e. The predicted molar refractivity (Wildman–Crippen MR) is 83.8 cm³/mol. The highest BCUT2D eigenvalue weighted by Gasteiger charge is 2.31. The van der Waals surface area contributed by atoms with Crippen molar-refractivity contribution in [3.63, 3.8) is 0 Å². The molecule has 0 N–H and O–H groups in total. The van der Waals surface area contributed by atoms with Crippen LogP contribution in [0.25, 0.3) is 0 Å². The number of carbonyl (C=O) groups excluding carboxylic acids is 1. The molecule has 0 spiro atoms. The van der Waals surface area contributed by atoms with Crippen molar-refractivity contribution in [1.29, 1.82) is 0 Å². The van der Waals surface area contributed by atoms with Gasteiger partial charge in [-0.05, 0) is 33.3 Å². The summed E-state index contributed by atoms with van der Waals surface area (Å²) in [6.07, 6.45) is 3.00. The maximum atomic E-state index is 12.6. The van der Waals surface area contributed by atoms with Crippen molar-refractivity contribution in [2.75, 3.05) is 13.1 Å². The molecule has 2 aromatic rings. The third-order valence-corrected chi connectivity index (χ3v) is 4.37. The minimum atomic E-state index is 0.0312. The summed E-state index contributed by atoms with van der Waals surface area (Å²) in [5, 5.41) is 4.40. The van der Waals surface area contributed by atoms with Crippen LogP contribution in [0, 0.1) is 13.8 Å². The molecule has 1 fully saturated rings. The highest BCUT2D eigenvalue weighted by Crippen LogP contribution is 2.27. The van der Waals surface area contributed by atoms with Gasteiger partial charge in [0.1, 0.15) is 5.82 Å². The third-order valence-electron chi connectivity index (χ3n) is 4.37. The summed E-state index contributed by atoms with van der Waals surface area (Å²) in [6, 6.07) is 1.88. The molecule has 1 aliphatic rings. The van der Waals surface area contributed by atoms with E-state index in [0.29, 0.717) is 11.6 Å². The molecule has 1 aliphatic heterocycles. The summed E-state index contributed by atoms with van der Waals surface area (Å²) in [5.41, 5.74) is 2.61. The van der Waals surface area contributed by atoms with Crippen LogP contribution >= 0.6 is 0 Å². The second kappa shape index (κ2) is 5.59. The van der Waals surface area contributed by atoms with Crippen LogP contribution in [-0.2, 0) is 13.6 Å². The van der Waals surface area contributed by atoms with Crippen LogP contribution in [0.3, 0.4) is 0 Å². The summed E-state index contributed by atoms with van der Waals surface area (Å²) in [5.74, 6) is 1.42. The van der Waals surface area contributed by atoms with E-state index in [4.69, 9.17) is 0 Å². The number of amides is 1. The molecule has 1 amide bonds. The summed E-state index contributed by atoms with van der Waals surface area (Å²) < 4.78 is 3.94. The van der Waals surface area contributed by atoms with Crippen LogP contribution in [0.2, 0.25) is 0 Å². The lowest BCUT2D eigenvalue weighted by Crippen LogP contribution is -2.29. The SMILES string of the molecule is CCn1nc(C(=O)N2CCC(c3nc(C)cn3C)C2)cc1C. The van der Waals surface area contributed by atoms with E-state index < -0.39 is 0 Å². The Morgan fingerprint density at radius 2 is 2.18 bits per heavy atom. The molecule has 22 heavy (non-hydrogen) atoms. The molecule has 0 aliphatic carbocycles. The van der Waals surface area contributed by atoms with E-state index >= 15 is 0 Å². The number of likely N-dealkylation sites (tertiary alicyclic amines) is 1. The number of nitrogens with zero attached hydrogens (tertiary/aromatic N) is 5. The lowest BCUT2D eigenvalue weighted by Gasteiger charge is -2.15. The van der Waals surface area contributed by atoms with Gasteiger partial charge >= 0.3 is 0 Å². The van der Waals surface area contributed by atoms with E-state index in [-0.39, 0.29) is 5.91 Å². The van der Waals surface area contributed by atoms with Crippen molar-refractivity contribution in [3.8, 4) is 0 Å². The van der Waals surface area contributed by atoms with Gasteiger partial charge in [0.05, 0.1) is 5.69 Å². The molecule has 1 saturated heterocycles. The number of aromatic nitrogens is 4. The van der Waals surface area contributed by atoms with Crippen molar-refractivity contribution in [2.45, 2.75) is 39.7 Å². The van der Waals surface area contributed by atoms with Crippen LogP contribution in [0.5, 0.6) is 0 Å². The minimum absolute atomic E-state index is 0.0312. The van der Waals surface area contributed by atoms with E-state index in [1.165, 1.54) is 0 Å². The Hall–Kier alpha value is -2.11. The number of carbonyl (C=O) groups is 1. The molecule has 0 aromatic carbocycles. The predicted octanol–water partition coefficient (Wildman–Crippen LogP) is 1.88. The number of hydrogen-bond acceptors (Lipinski definition) is 3. The molecule has 1 atom stereocenters. The Bertz CT molecular complexity index is 699. The molecule has 2 aromatic heterocycles. The van der Waals surface area contributed by atoms with E-state index in [1.54, 1.807) is 0 Å². The topological polar surface area (TPSA) is 56.0 Å². The zero-order valence-electron chi connectivity index (χ0n) is 13.7. The lowest BCUT2D eigenvalue weighted by atomic mass is 10.1. The van der Waals surface area contributed by atoms with Crippen molar-refractivity contribution in [3.05, 3.63) is 35.2 Å². The molecule has 0 bridgehead atoms. The highest BCUT2D eigenvalue weighted by molar-refractivity contribution is 5.92. The molecule has 0 saturated carbocycles. The first-order chi connectivity index (χ1) is 10.5. The summed E-state index contributed by atoms with van der Waals surface area (Å²) in [7, 11) is 2.02. The molecular formula is C16H23N5O. The number of imidazole rings is 1. The molecular weight excluding hydrogens is 278 g/mol. The normalized spacial score (nSPS) is 18.2. The van der Waals surface area contributed by atoms with Crippen molar-refractivity contribution in [1.82, 2.24) is 24.2 Å². The zero-order chi connectivity index (χ0) is 15.9. The summed E-state index contributed by atoms with van der Waals surface area (Å²) in [4.78, 5) is 19.1. The number of hydrogen-bond donors (Lipinski definition) is 0. The van der Waals surface area contributed by atoms with Crippen LogP contribution in [0.15, 0.2) is 12.3 Å². The van der Waals surface area contributed by atoms with Crippen LogP contribution in [-0.4, -0.2) is 43.2 Å². The van der Waals surface area contributed by atoms with Crippen LogP contribution in [0.1, 0.15) is 47.0 Å². The third kappa shape index (κ3) is 2.53. The fraction of sp³-hybridized carbons (Fsp3) is 0.562. The molecule has 118 valence electrons. The molecule has 0 radical (unpaired) electrons.